The van der Waals surface area contributed by atoms with Gasteiger partial charge in [0.15, 0.2) is 5.78 Å². The lowest BCUT2D eigenvalue weighted by atomic mass is 9.91. The maximum atomic E-state index is 11.7. The molecule has 2 aliphatic carbocycles. The molecular formula is C14H10O. The molecule has 1 aromatic carbocycles. The average molecular weight is 194 g/mol. The van der Waals surface area contributed by atoms with E-state index in [0.29, 0.717) is 0 Å². The van der Waals surface area contributed by atoms with Crippen LogP contribution < -0.4 is 0 Å². The molecule has 0 bridgehead atoms. The minimum Gasteiger partial charge on any atom is -0.289 e. The van der Waals surface area contributed by atoms with Gasteiger partial charge in [-0.1, -0.05) is 30.3 Å². The summed E-state index contributed by atoms with van der Waals surface area (Å²) in [4.78, 5) is 11.7. The van der Waals surface area contributed by atoms with Crippen molar-refractivity contribution >= 4 is 17.4 Å². The van der Waals surface area contributed by atoms with Gasteiger partial charge in [-0.15, -0.1) is 0 Å². The van der Waals surface area contributed by atoms with Crippen molar-refractivity contribution in [3.8, 4) is 0 Å². The van der Waals surface area contributed by atoms with Gasteiger partial charge in [0.25, 0.3) is 0 Å². The SMILES string of the molecule is CC1=C2C(=Cc3ccccc32)C(=O)C=C1. The van der Waals surface area contributed by atoms with E-state index in [4.69, 9.17) is 0 Å². The van der Waals surface area contributed by atoms with Crippen LogP contribution in [0.25, 0.3) is 11.6 Å². The normalized spacial score (nSPS) is 17.7. The molecule has 0 N–H and O–H groups in total. The lowest BCUT2D eigenvalue weighted by molar-refractivity contribution is -0.110. The Kier molecular flexibility index (Phi) is 1.57. The molecule has 0 fully saturated rings. The maximum absolute atomic E-state index is 11.7. The van der Waals surface area contributed by atoms with Gasteiger partial charge in [0.05, 0.1) is 0 Å². The number of carbonyl (C=O) groups is 1. The second-order valence-corrected chi connectivity index (χ2v) is 3.90. The molecule has 0 atom stereocenters. The third-order valence-corrected chi connectivity index (χ3v) is 2.94. The number of allylic oxidation sites excluding steroid dienone is 5. The molecule has 0 spiro atoms. The number of benzene rings is 1. The smallest absolute Gasteiger partial charge is 0.186 e. The minimum absolute atomic E-state index is 0.117. The monoisotopic (exact) mass is 194 g/mol. The minimum atomic E-state index is 0.117. The fraction of sp³-hybridized carbons (Fsp3) is 0.0714. The summed E-state index contributed by atoms with van der Waals surface area (Å²) in [6.45, 7) is 2.05. The third-order valence-electron chi connectivity index (χ3n) is 2.94. The topological polar surface area (TPSA) is 17.1 Å². The highest BCUT2D eigenvalue weighted by molar-refractivity contribution is 6.24. The first-order valence-corrected chi connectivity index (χ1v) is 5.02. The highest BCUT2D eigenvalue weighted by Gasteiger charge is 2.25. The summed E-state index contributed by atoms with van der Waals surface area (Å²) < 4.78 is 0. The fourth-order valence-electron chi connectivity index (χ4n) is 2.22. The average Bonchev–Trinajstić information content (AvgIpc) is 2.64. The molecule has 15 heavy (non-hydrogen) atoms. The molecule has 3 rings (SSSR count). The molecule has 0 radical (unpaired) electrons. The van der Waals surface area contributed by atoms with Crippen LogP contribution >= 0.6 is 0 Å². The van der Waals surface area contributed by atoms with Crippen molar-refractivity contribution in [3.63, 3.8) is 0 Å². The van der Waals surface area contributed by atoms with Crippen LogP contribution in [0.15, 0.2) is 47.6 Å². The van der Waals surface area contributed by atoms with E-state index in [-0.39, 0.29) is 5.78 Å². The largest absolute Gasteiger partial charge is 0.289 e. The number of rotatable bonds is 0. The molecule has 1 heteroatoms. The van der Waals surface area contributed by atoms with Crippen LogP contribution in [0.3, 0.4) is 0 Å². The molecular weight excluding hydrogens is 184 g/mol. The number of fused-ring (bicyclic) bond motifs is 3. The zero-order valence-corrected chi connectivity index (χ0v) is 8.45. The summed E-state index contributed by atoms with van der Waals surface area (Å²) in [5.41, 5.74) is 5.46. The Labute approximate surface area is 88.4 Å². The molecule has 0 amide bonds. The van der Waals surface area contributed by atoms with E-state index < -0.39 is 0 Å². The summed E-state index contributed by atoms with van der Waals surface area (Å²) in [6.07, 6.45) is 5.54. The Morgan fingerprint density at radius 1 is 1.07 bits per heavy atom. The number of carbonyl (C=O) groups excluding carboxylic acids is 1. The van der Waals surface area contributed by atoms with E-state index in [0.717, 1.165) is 16.7 Å². The Morgan fingerprint density at radius 2 is 1.87 bits per heavy atom. The quantitative estimate of drug-likeness (QED) is 0.620. The highest BCUT2D eigenvalue weighted by Crippen LogP contribution is 2.40. The Hall–Kier alpha value is -1.89. The van der Waals surface area contributed by atoms with Gasteiger partial charge in [-0.25, -0.2) is 0 Å². The molecule has 2 aliphatic rings. The van der Waals surface area contributed by atoms with Crippen LogP contribution in [0.2, 0.25) is 0 Å². The van der Waals surface area contributed by atoms with Crippen molar-refractivity contribution < 1.29 is 4.79 Å². The van der Waals surface area contributed by atoms with Gasteiger partial charge >= 0.3 is 0 Å². The van der Waals surface area contributed by atoms with E-state index >= 15 is 0 Å². The van der Waals surface area contributed by atoms with E-state index in [1.165, 1.54) is 11.1 Å². The molecule has 1 aromatic rings. The fourth-order valence-corrected chi connectivity index (χ4v) is 2.22. The Morgan fingerprint density at radius 3 is 2.73 bits per heavy atom. The molecule has 0 saturated carbocycles. The van der Waals surface area contributed by atoms with Crippen molar-refractivity contribution in [2.45, 2.75) is 6.92 Å². The van der Waals surface area contributed by atoms with Crippen LogP contribution in [-0.2, 0) is 4.79 Å². The predicted octanol–water partition coefficient (Wildman–Crippen LogP) is 3.00. The van der Waals surface area contributed by atoms with Gasteiger partial charge in [0.1, 0.15) is 0 Å². The predicted molar refractivity (Wildman–Crippen MR) is 61.2 cm³/mol. The van der Waals surface area contributed by atoms with Crippen LogP contribution in [0.5, 0.6) is 0 Å². The standard InChI is InChI=1S/C14H10O/c1-9-6-7-13(15)12-8-10-4-2-3-5-11(10)14(9)12/h2-8H,1H3. The van der Waals surface area contributed by atoms with Crippen molar-refractivity contribution in [1.29, 1.82) is 0 Å². The van der Waals surface area contributed by atoms with Gasteiger partial charge in [0, 0.05) is 5.57 Å². The molecule has 72 valence electrons. The summed E-state index contributed by atoms with van der Waals surface area (Å²) in [7, 11) is 0. The van der Waals surface area contributed by atoms with Gasteiger partial charge in [-0.3, -0.25) is 4.79 Å². The molecule has 0 saturated heterocycles. The third kappa shape index (κ3) is 1.06. The summed E-state index contributed by atoms with van der Waals surface area (Å²) in [5.74, 6) is 0.117. The Bertz CT molecular complexity index is 556. The van der Waals surface area contributed by atoms with E-state index in [9.17, 15) is 4.79 Å². The first-order chi connectivity index (χ1) is 7.27. The Balaban J connectivity index is 2.34. The molecule has 0 aliphatic heterocycles. The first kappa shape index (κ1) is 8.42. The highest BCUT2D eigenvalue weighted by atomic mass is 16.1. The van der Waals surface area contributed by atoms with Gasteiger partial charge in [-0.2, -0.15) is 0 Å². The van der Waals surface area contributed by atoms with Gasteiger partial charge < -0.3 is 0 Å². The van der Waals surface area contributed by atoms with Crippen molar-refractivity contribution in [1.82, 2.24) is 0 Å². The second kappa shape index (κ2) is 2.80. The van der Waals surface area contributed by atoms with Crippen LogP contribution in [-0.4, -0.2) is 5.78 Å². The molecule has 0 unspecified atom stereocenters. The number of hydrogen-bond donors (Lipinski definition) is 0. The summed E-state index contributed by atoms with van der Waals surface area (Å²) in [6, 6.07) is 8.14. The summed E-state index contributed by atoms with van der Waals surface area (Å²) in [5, 5.41) is 0. The zero-order chi connectivity index (χ0) is 10.4. The second-order valence-electron chi connectivity index (χ2n) is 3.90. The van der Waals surface area contributed by atoms with E-state index in [1.54, 1.807) is 6.08 Å². The molecule has 0 heterocycles. The van der Waals surface area contributed by atoms with Gasteiger partial charge in [0.2, 0.25) is 0 Å². The lowest BCUT2D eigenvalue weighted by Crippen LogP contribution is -2.03. The van der Waals surface area contributed by atoms with E-state index in [1.807, 2.05) is 37.3 Å². The number of ketones is 1. The van der Waals surface area contributed by atoms with Crippen LogP contribution in [0.4, 0.5) is 0 Å². The van der Waals surface area contributed by atoms with Crippen molar-refractivity contribution in [3.05, 3.63) is 58.7 Å². The molecule has 1 nitrogen and oxygen atoms in total. The summed E-state index contributed by atoms with van der Waals surface area (Å²) >= 11 is 0. The van der Waals surface area contributed by atoms with E-state index in [2.05, 4.69) is 6.07 Å². The maximum Gasteiger partial charge on any atom is 0.186 e. The first-order valence-electron chi connectivity index (χ1n) is 5.02. The lowest BCUT2D eigenvalue weighted by Gasteiger charge is -2.11. The van der Waals surface area contributed by atoms with Crippen LogP contribution in [0, 0.1) is 0 Å². The van der Waals surface area contributed by atoms with Crippen molar-refractivity contribution in [2.75, 3.05) is 0 Å². The van der Waals surface area contributed by atoms with Crippen molar-refractivity contribution in [2.24, 2.45) is 0 Å². The number of hydrogen-bond acceptors (Lipinski definition) is 1. The zero-order valence-electron chi connectivity index (χ0n) is 8.45. The van der Waals surface area contributed by atoms with Crippen LogP contribution in [0.1, 0.15) is 18.1 Å². The molecule has 0 aromatic heterocycles. The van der Waals surface area contributed by atoms with Gasteiger partial charge in [-0.05, 0) is 41.3 Å².